The Morgan fingerprint density at radius 2 is 0.952 bits per heavy atom. The van der Waals surface area contributed by atoms with E-state index >= 15 is 0 Å². The first kappa shape index (κ1) is 37.4. The smallest absolute Gasteiger partial charge is 0.135 e. The van der Waals surface area contributed by atoms with Crippen molar-refractivity contribution in [3.63, 3.8) is 0 Å². The zero-order valence-corrected chi connectivity index (χ0v) is 36.1. The summed E-state index contributed by atoms with van der Waals surface area (Å²) in [4.78, 5) is 2.38. The quantitative estimate of drug-likeness (QED) is 0.159. The average molecular weight is 810 g/mol. The van der Waals surface area contributed by atoms with Gasteiger partial charge in [0.25, 0.3) is 0 Å². The molecule has 12 rings (SSSR count). The van der Waals surface area contributed by atoms with Crippen molar-refractivity contribution in [2.24, 2.45) is 0 Å². The molecule has 2 aliphatic carbocycles. The van der Waals surface area contributed by atoms with E-state index in [0.717, 1.165) is 34.6 Å². The molecular formula is C61H47NO. The number of fused-ring (bicyclic) bond motifs is 10. The summed E-state index contributed by atoms with van der Waals surface area (Å²) in [5.74, 6) is 0. The van der Waals surface area contributed by atoms with Crippen molar-refractivity contribution in [3.8, 4) is 55.6 Å². The Morgan fingerprint density at radius 3 is 1.67 bits per heavy atom. The van der Waals surface area contributed by atoms with Gasteiger partial charge in [0.2, 0.25) is 0 Å². The van der Waals surface area contributed by atoms with Crippen LogP contribution in [0.2, 0.25) is 0 Å². The number of hydrogen-bond acceptors (Lipinski definition) is 2. The van der Waals surface area contributed by atoms with Crippen LogP contribution in [-0.2, 0) is 10.8 Å². The molecule has 0 fully saturated rings. The average Bonchev–Trinajstić information content (AvgIpc) is 3.93. The maximum Gasteiger partial charge on any atom is 0.135 e. The Hall–Kier alpha value is -7.42. The van der Waals surface area contributed by atoms with Crippen LogP contribution in [0.15, 0.2) is 205 Å². The highest BCUT2D eigenvalue weighted by Gasteiger charge is 2.41. The second kappa shape index (κ2) is 14.1. The van der Waals surface area contributed by atoms with E-state index in [1.165, 1.54) is 88.7 Å². The number of rotatable bonds is 7. The molecule has 63 heavy (non-hydrogen) atoms. The predicted octanol–water partition coefficient (Wildman–Crippen LogP) is 17.1. The van der Waals surface area contributed by atoms with Crippen LogP contribution in [-0.4, -0.2) is 0 Å². The molecule has 1 heterocycles. The second-order valence-electron chi connectivity index (χ2n) is 18.1. The number of hydrogen-bond donors (Lipinski definition) is 0. The lowest BCUT2D eigenvalue weighted by Gasteiger charge is -2.27. The van der Waals surface area contributed by atoms with Crippen LogP contribution in [0.1, 0.15) is 56.4 Å². The van der Waals surface area contributed by atoms with E-state index < -0.39 is 0 Å². The molecule has 0 aliphatic heterocycles. The first-order chi connectivity index (χ1) is 30.8. The summed E-state index contributed by atoms with van der Waals surface area (Å²) < 4.78 is 6.43. The minimum atomic E-state index is -0.150. The van der Waals surface area contributed by atoms with Crippen molar-refractivity contribution in [2.75, 3.05) is 4.90 Å². The van der Waals surface area contributed by atoms with Crippen LogP contribution in [0, 0.1) is 0 Å². The molecule has 9 aromatic carbocycles. The molecule has 0 radical (unpaired) electrons. The Kier molecular flexibility index (Phi) is 8.33. The summed E-state index contributed by atoms with van der Waals surface area (Å²) in [6.45, 7) is 9.44. The molecule has 1 atom stereocenters. The number of benzene rings is 9. The van der Waals surface area contributed by atoms with E-state index in [1.54, 1.807) is 0 Å². The van der Waals surface area contributed by atoms with E-state index in [2.05, 4.69) is 233 Å². The standard InChI is InChI=1S/C61H47NO/c1-5-61(4)53-20-13-18-47(57(53)51-36-37-56-58(59(51)61)50-17-10-12-21-55(50)63-56)42-26-33-46(34-27-42)62(44-29-22-40(23-30-44)39-14-7-6-8-15-39)45-31-24-41(25-32-45)43-28-35-49-48-16-9-11-19-52(48)60(2,3)54(49)38-43/h6-38H,5H2,1-4H3. The van der Waals surface area contributed by atoms with E-state index in [9.17, 15) is 0 Å². The molecule has 2 nitrogen and oxygen atoms in total. The summed E-state index contributed by atoms with van der Waals surface area (Å²) in [7, 11) is 0. The van der Waals surface area contributed by atoms with Crippen molar-refractivity contribution < 1.29 is 4.42 Å². The lowest BCUT2D eigenvalue weighted by atomic mass is 9.76. The lowest BCUT2D eigenvalue weighted by Crippen LogP contribution is -2.19. The molecule has 302 valence electrons. The van der Waals surface area contributed by atoms with Gasteiger partial charge in [-0.25, -0.2) is 0 Å². The molecule has 1 aromatic heterocycles. The highest BCUT2D eigenvalue weighted by atomic mass is 16.3. The minimum Gasteiger partial charge on any atom is -0.456 e. The fraction of sp³-hybridized carbons (Fsp3) is 0.115. The van der Waals surface area contributed by atoms with Gasteiger partial charge in [0.1, 0.15) is 11.2 Å². The summed E-state index contributed by atoms with van der Waals surface area (Å²) in [5, 5.41) is 2.44. The van der Waals surface area contributed by atoms with Gasteiger partial charge in [-0.15, -0.1) is 0 Å². The Balaban J connectivity index is 0.940. The first-order valence-corrected chi connectivity index (χ1v) is 22.3. The zero-order valence-electron chi connectivity index (χ0n) is 36.1. The van der Waals surface area contributed by atoms with E-state index in [4.69, 9.17) is 4.42 Å². The van der Waals surface area contributed by atoms with Crippen molar-refractivity contribution in [1.29, 1.82) is 0 Å². The van der Waals surface area contributed by atoms with E-state index in [1.807, 2.05) is 0 Å². The van der Waals surface area contributed by atoms with Gasteiger partial charge in [-0.2, -0.15) is 0 Å². The number of nitrogens with zero attached hydrogens (tertiary/aromatic N) is 1. The van der Waals surface area contributed by atoms with Crippen LogP contribution >= 0.6 is 0 Å². The van der Waals surface area contributed by atoms with Crippen LogP contribution in [0.3, 0.4) is 0 Å². The van der Waals surface area contributed by atoms with Crippen molar-refractivity contribution in [3.05, 3.63) is 222 Å². The molecule has 0 amide bonds. The molecule has 0 saturated carbocycles. The fourth-order valence-corrected chi connectivity index (χ4v) is 11.0. The zero-order chi connectivity index (χ0) is 42.5. The van der Waals surface area contributed by atoms with Gasteiger partial charge in [-0.1, -0.05) is 173 Å². The first-order valence-electron chi connectivity index (χ1n) is 22.3. The number of anilines is 3. The largest absolute Gasteiger partial charge is 0.456 e. The summed E-state index contributed by atoms with van der Waals surface area (Å²) in [6, 6.07) is 73.6. The molecule has 10 aromatic rings. The molecular weight excluding hydrogens is 763 g/mol. The van der Waals surface area contributed by atoms with E-state index in [0.29, 0.717) is 0 Å². The fourth-order valence-electron chi connectivity index (χ4n) is 11.0. The highest BCUT2D eigenvalue weighted by molar-refractivity contribution is 6.12. The van der Waals surface area contributed by atoms with Crippen LogP contribution in [0.25, 0.3) is 77.6 Å². The van der Waals surface area contributed by atoms with Gasteiger partial charge in [0.15, 0.2) is 0 Å². The van der Waals surface area contributed by atoms with Gasteiger partial charge < -0.3 is 9.32 Å². The monoisotopic (exact) mass is 809 g/mol. The van der Waals surface area contributed by atoms with E-state index in [-0.39, 0.29) is 10.8 Å². The molecule has 0 saturated heterocycles. The molecule has 2 heteroatoms. The van der Waals surface area contributed by atoms with Gasteiger partial charge in [0, 0.05) is 38.7 Å². The molecule has 0 bridgehead atoms. The summed E-state index contributed by atoms with van der Waals surface area (Å²) in [6.07, 6.45) is 0.990. The summed E-state index contributed by atoms with van der Waals surface area (Å²) >= 11 is 0. The Morgan fingerprint density at radius 1 is 0.413 bits per heavy atom. The van der Waals surface area contributed by atoms with Crippen molar-refractivity contribution in [2.45, 2.75) is 44.9 Å². The third-order valence-corrected chi connectivity index (χ3v) is 14.4. The molecule has 0 N–H and O–H groups in total. The Bertz CT molecular complexity index is 3390. The normalized spacial score (nSPS) is 15.6. The predicted molar refractivity (Wildman–Crippen MR) is 264 cm³/mol. The van der Waals surface area contributed by atoms with Gasteiger partial charge >= 0.3 is 0 Å². The lowest BCUT2D eigenvalue weighted by molar-refractivity contribution is 0.568. The summed E-state index contributed by atoms with van der Waals surface area (Å²) in [5.41, 5.74) is 23.2. The third-order valence-electron chi connectivity index (χ3n) is 14.4. The highest BCUT2D eigenvalue weighted by Crippen LogP contribution is 2.57. The maximum atomic E-state index is 6.43. The molecule has 0 spiro atoms. The maximum absolute atomic E-state index is 6.43. The van der Waals surface area contributed by atoms with Crippen LogP contribution < -0.4 is 4.90 Å². The van der Waals surface area contributed by atoms with Gasteiger partial charge in [-0.3, -0.25) is 0 Å². The molecule has 1 unspecified atom stereocenters. The van der Waals surface area contributed by atoms with Crippen molar-refractivity contribution in [1.82, 2.24) is 0 Å². The van der Waals surface area contributed by atoms with Gasteiger partial charge in [-0.05, 0) is 139 Å². The Labute approximate surface area is 369 Å². The van der Waals surface area contributed by atoms with Crippen LogP contribution in [0.4, 0.5) is 17.1 Å². The number of para-hydroxylation sites is 1. The molecule has 2 aliphatic rings. The van der Waals surface area contributed by atoms with Crippen LogP contribution in [0.5, 0.6) is 0 Å². The third kappa shape index (κ3) is 5.64. The topological polar surface area (TPSA) is 16.4 Å². The number of furan rings is 1. The van der Waals surface area contributed by atoms with Crippen molar-refractivity contribution >= 4 is 39.0 Å². The second-order valence-corrected chi connectivity index (χ2v) is 18.1. The SMILES string of the molecule is CCC1(C)c2cccc(-c3ccc(N(c4ccc(-c5ccccc5)cc4)c4ccc(-c5ccc6c(c5)C(C)(C)c5ccccc5-6)cc4)cc3)c2-c2ccc3oc4ccccc4c3c21. The van der Waals surface area contributed by atoms with Gasteiger partial charge in [0.05, 0.1) is 0 Å². The minimum absolute atomic E-state index is 0.0448.